The van der Waals surface area contributed by atoms with Crippen LogP contribution in [0.4, 0.5) is 0 Å². The number of rotatable bonds is 9. The van der Waals surface area contributed by atoms with Crippen molar-refractivity contribution in [1.82, 2.24) is 5.32 Å². The summed E-state index contributed by atoms with van der Waals surface area (Å²) in [4.78, 5) is 11.9. The van der Waals surface area contributed by atoms with Crippen molar-refractivity contribution < 1.29 is 9.53 Å². The van der Waals surface area contributed by atoms with Crippen molar-refractivity contribution in [2.45, 2.75) is 38.7 Å². The van der Waals surface area contributed by atoms with Crippen LogP contribution in [0.25, 0.3) is 0 Å². The molecule has 0 radical (unpaired) electrons. The van der Waals surface area contributed by atoms with Crippen LogP contribution in [0, 0.1) is 0 Å². The van der Waals surface area contributed by atoms with Crippen LogP contribution in [-0.4, -0.2) is 17.8 Å². The molecule has 0 aliphatic heterocycles. The van der Waals surface area contributed by atoms with Gasteiger partial charge in [-0.05, 0) is 37.1 Å². The summed E-state index contributed by atoms with van der Waals surface area (Å²) >= 11 is 1.79. The summed E-state index contributed by atoms with van der Waals surface area (Å²) in [6.45, 7) is 4.57. The van der Waals surface area contributed by atoms with E-state index in [1.807, 2.05) is 56.3 Å². The lowest BCUT2D eigenvalue weighted by molar-refractivity contribution is -0.120. The highest BCUT2D eigenvalue weighted by atomic mass is 32.2. The Morgan fingerprint density at radius 1 is 1.04 bits per heavy atom. The lowest BCUT2D eigenvalue weighted by Gasteiger charge is -2.10. The standard InChI is InChI=1S/C20H25NO2S/c1-16(2)23-19-10-8-17(9-11-19)14-21-20(22)12-13-24-15-18-6-4-3-5-7-18/h3-11,16H,12-15H2,1-2H3,(H,21,22). The van der Waals surface area contributed by atoms with Gasteiger partial charge in [0.2, 0.25) is 5.91 Å². The number of ether oxygens (including phenoxy) is 1. The lowest BCUT2D eigenvalue weighted by atomic mass is 10.2. The predicted octanol–water partition coefficient (Wildman–Crippen LogP) is 4.41. The molecule has 128 valence electrons. The second-order valence-corrected chi connectivity index (χ2v) is 6.98. The van der Waals surface area contributed by atoms with E-state index in [1.54, 1.807) is 11.8 Å². The van der Waals surface area contributed by atoms with Crippen LogP contribution >= 0.6 is 11.8 Å². The molecular weight excluding hydrogens is 318 g/mol. The third-order valence-electron chi connectivity index (χ3n) is 3.37. The Bertz CT molecular complexity index is 611. The van der Waals surface area contributed by atoms with Crippen molar-refractivity contribution in [1.29, 1.82) is 0 Å². The summed E-state index contributed by atoms with van der Waals surface area (Å²) in [6.07, 6.45) is 0.718. The Morgan fingerprint density at radius 3 is 2.42 bits per heavy atom. The van der Waals surface area contributed by atoms with Crippen molar-refractivity contribution in [2.24, 2.45) is 0 Å². The topological polar surface area (TPSA) is 38.3 Å². The maximum atomic E-state index is 11.9. The number of amides is 1. The molecule has 0 heterocycles. The van der Waals surface area contributed by atoms with Crippen molar-refractivity contribution in [2.75, 3.05) is 5.75 Å². The highest BCUT2D eigenvalue weighted by Crippen LogP contribution is 2.14. The zero-order chi connectivity index (χ0) is 17.2. The first-order chi connectivity index (χ1) is 11.6. The average molecular weight is 343 g/mol. The number of carbonyl (C=O) groups is 1. The molecular formula is C20H25NO2S. The summed E-state index contributed by atoms with van der Waals surface area (Å²) in [7, 11) is 0. The van der Waals surface area contributed by atoms with Gasteiger partial charge in [-0.15, -0.1) is 0 Å². The van der Waals surface area contributed by atoms with Gasteiger partial charge in [-0.1, -0.05) is 42.5 Å². The molecule has 2 aromatic carbocycles. The van der Waals surface area contributed by atoms with Gasteiger partial charge in [0.15, 0.2) is 0 Å². The second kappa shape index (κ2) is 10.0. The SMILES string of the molecule is CC(C)Oc1ccc(CNC(=O)CCSCc2ccccc2)cc1. The maximum absolute atomic E-state index is 11.9. The van der Waals surface area contributed by atoms with E-state index in [0.29, 0.717) is 13.0 Å². The third-order valence-corrected chi connectivity index (χ3v) is 4.40. The number of benzene rings is 2. The van der Waals surface area contributed by atoms with E-state index in [9.17, 15) is 4.79 Å². The van der Waals surface area contributed by atoms with Crippen LogP contribution in [0.15, 0.2) is 54.6 Å². The van der Waals surface area contributed by atoms with Gasteiger partial charge in [0, 0.05) is 24.5 Å². The molecule has 2 rings (SSSR count). The second-order valence-electron chi connectivity index (χ2n) is 5.88. The van der Waals surface area contributed by atoms with Crippen LogP contribution in [0.2, 0.25) is 0 Å². The quantitative estimate of drug-likeness (QED) is 0.685. The smallest absolute Gasteiger partial charge is 0.221 e. The van der Waals surface area contributed by atoms with Crippen molar-refractivity contribution in [3.63, 3.8) is 0 Å². The first-order valence-corrected chi connectivity index (χ1v) is 9.43. The molecule has 0 aromatic heterocycles. The van der Waals surface area contributed by atoms with Crippen molar-refractivity contribution in [3.05, 3.63) is 65.7 Å². The molecule has 0 atom stereocenters. The highest BCUT2D eigenvalue weighted by Gasteiger charge is 2.03. The third kappa shape index (κ3) is 7.09. The number of thioether (sulfide) groups is 1. The fraction of sp³-hybridized carbons (Fsp3) is 0.350. The molecule has 0 spiro atoms. The lowest BCUT2D eigenvalue weighted by Crippen LogP contribution is -2.23. The number of hydrogen-bond donors (Lipinski definition) is 1. The summed E-state index contributed by atoms with van der Waals surface area (Å²) in [5.41, 5.74) is 2.38. The Kier molecular flexibility index (Phi) is 7.69. The van der Waals surface area contributed by atoms with E-state index in [1.165, 1.54) is 5.56 Å². The average Bonchev–Trinajstić information content (AvgIpc) is 2.58. The zero-order valence-corrected chi connectivity index (χ0v) is 15.1. The van der Waals surface area contributed by atoms with Gasteiger partial charge in [0.25, 0.3) is 0 Å². The molecule has 0 aliphatic carbocycles. The molecule has 0 fully saturated rings. The van der Waals surface area contributed by atoms with Gasteiger partial charge in [0.05, 0.1) is 6.10 Å². The van der Waals surface area contributed by atoms with Crippen LogP contribution in [0.5, 0.6) is 5.75 Å². The van der Waals surface area contributed by atoms with E-state index in [0.717, 1.165) is 22.8 Å². The molecule has 3 nitrogen and oxygen atoms in total. The molecule has 24 heavy (non-hydrogen) atoms. The Morgan fingerprint density at radius 2 is 1.75 bits per heavy atom. The normalized spacial score (nSPS) is 10.6. The summed E-state index contributed by atoms with van der Waals surface area (Å²) < 4.78 is 5.61. The predicted molar refractivity (Wildman–Crippen MR) is 101 cm³/mol. The Labute approximate surface area is 148 Å². The molecule has 1 N–H and O–H groups in total. The molecule has 0 bridgehead atoms. The number of hydrogen-bond acceptors (Lipinski definition) is 3. The maximum Gasteiger partial charge on any atom is 0.221 e. The molecule has 0 unspecified atom stereocenters. The monoisotopic (exact) mass is 343 g/mol. The van der Waals surface area contributed by atoms with E-state index < -0.39 is 0 Å². The number of carbonyl (C=O) groups excluding carboxylic acids is 1. The first-order valence-electron chi connectivity index (χ1n) is 8.27. The van der Waals surface area contributed by atoms with E-state index in [-0.39, 0.29) is 12.0 Å². The van der Waals surface area contributed by atoms with Gasteiger partial charge in [-0.25, -0.2) is 0 Å². The van der Waals surface area contributed by atoms with E-state index in [4.69, 9.17) is 4.74 Å². The van der Waals surface area contributed by atoms with Gasteiger partial charge in [-0.3, -0.25) is 4.79 Å². The van der Waals surface area contributed by atoms with Crippen LogP contribution in [0.1, 0.15) is 31.4 Å². The van der Waals surface area contributed by atoms with E-state index >= 15 is 0 Å². The minimum Gasteiger partial charge on any atom is -0.491 e. The van der Waals surface area contributed by atoms with Gasteiger partial charge < -0.3 is 10.1 Å². The molecule has 0 saturated carbocycles. The van der Waals surface area contributed by atoms with Gasteiger partial charge in [-0.2, -0.15) is 11.8 Å². The van der Waals surface area contributed by atoms with Crippen LogP contribution in [0.3, 0.4) is 0 Å². The fourth-order valence-corrected chi connectivity index (χ4v) is 3.08. The van der Waals surface area contributed by atoms with Crippen molar-refractivity contribution in [3.8, 4) is 5.75 Å². The van der Waals surface area contributed by atoms with Crippen LogP contribution < -0.4 is 10.1 Å². The van der Waals surface area contributed by atoms with Gasteiger partial charge >= 0.3 is 0 Å². The molecule has 0 aliphatic rings. The summed E-state index contributed by atoms with van der Waals surface area (Å²) in [5, 5.41) is 2.96. The molecule has 4 heteroatoms. The zero-order valence-electron chi connectivity index (χ0n) is 14.3. The largest absolute Gasteiger partial charge is 0.491 e. The molecule has 0 saturated heterocycles. The summed E-state index contributed by atoms with van der Waals surface area (Å²) in [6, 6.07) is 18.2. The Balaban J connectivity index is 1.62. The van der Waals surface area contributed by atoms with Crippen LogP contribution in [-0.2, 0) is 17.1 Å². The van der Waals surface area contributed by atoms with Crippen molar-refractivity contribution >= 4 is 17.7 Å². The highest BCUT2D eigenvalue weighted by molar-refractivity contribution is 7.98. The number of nitrogens with one attached hydrogen (secondary N) is 1. The fourth-order valence-electron chi connectivity index (χ4n) is 2.18. The summed E-state index contributed by atoms with van der Waals surface area (Å²) in [5.74, 6) is 2.74. The molecule has 2 aromatic rings. The van der Waals surface area contributed by atoms with E-state index in [2.05, 4.69) is 17.4 Å². The Hall–Kier alpha value is -1.94. The first kappa shape index (κ1) is 18.4. The van der Waals surface area contributed by atoms with Gasteiger partial charge in [0.1, 0.15) is 5.75 Å². The minimum absolute atomic E-state index is 0.0954. The molecule has 1 amide bonds. The minimum atomic E-state index is 0.0954.